The van der Waals surface area contributed by atoms with E-state index in [4.69, 9.17) is 5.11 Å². The standard InChI is InChI=1S/C17H26N2O2/c1-4-14(3)19-9-7-18(8-10-19)12-16-6-5-15(17(20)21)11-13(16)2/h5-6,11,14H,4,7-10,12H2,1-3H3,(H,20,21). The highest BCUT2D eigenvalue weighted by Gasteiger charge is 2.20. The Morgan fingerprint density at radius 2 is 1.95 bits per heavy atom. The lowest BCUT2D eigenvalue weighted by molar-refractivity contribution is 0.0696. The van der Waals surface area contributed by atoms with Crippen LogP contribution in [0, 0.1) is 6.92 Å². The summed E-state index contributed by atoms with van der Waals surface area (Å²) in [6.07, 6.45) is 1.20. The van der Waals surface area contributed by atoms with E-state index in [1.54, 1.807) is 12.1 Å². The van der Waals surface area contributed by atoms with Crippen LogP contribution in [-0.4, -0.2) is 53.1 Å². The van der Waals surface area contributed by atoms with E-state index in [1.165, 1.54) is 12.0 Å². The van der Waals surface area contributed by atoms with Gasteiger partial charge < -0.3 is 5.11 Å². The molecule has 4 nitrogen and oxygen atoms in total. The third-order valence-corrected chi connectivity index (χ3v) is 4.60. The molecule has 0 spiro atoms. The topological polar surface area (TPSA) is 43.8 Å². The predicted octanol–water partition coefficient (Wildman–Crippen LogP) is 2.61. The van der Waals surface area contributed by atoms with E-state index in [2.05, 4.69) is 23.6 Å². The quantitative estimate of drug-likeness (QED) is 0.905. The summed E-state index contributed by atoms with van der Waals surface area (Å²) in [5.74, 6) is -0.855. The van der Waals surface area contributed by atoms with Crippen LogP contribution in [0.15, 0.2) is 18.2 Å². The SMILES string of the molecule is CCC(C)N1CCN(Cc2ccc(C(=O)O)cc2C)CC1. The monoisotopic (exact) mass is 290 g/mol. The van der Waals surface area contributed by atoms with E-state index in [9.17, 15) is 4.79 Å². The van der Waals surface area contributed by atoms with Crippen LogP contribution in [0.25, 0.3) is 0 Å². The van der Waals surface area contributed by atoms with Crippen molar-refractivity contribution in [1.29, 1.82) is 0 Å². The molecule has 0 saturated carbocycles. The zero-order valence-electron chi connectivity index (χ0n) is 13.3. The highest BCUT2D eigenvalue weighted by molar-refractivity contribution is 5.87. The number of nitrogens with zero attached hydrogens (tertiary/aromatic N) is 2. The van der Waals surface area contributed by atoms with Crippen molar-refractivity contribution < 1.29 is 9.90 Å². The van der Waals surface area contributed by atoms with Crippen molar-refractivity contribution >= 4 is 5.97 Å². The van der Waals surface area contributed by atoms with E-state index < -0.39 is 5.97 Å². The Hall–Kier alpha value is -1.39. The predicted molar refractivity (Wildman–Crippen MR) is 84.7 cm³/mol. The van der Waals surface area contributed by atoms with Gasteiger partial charge in [-0.05, 0) is 43.5 Å². The summed E-state index contributed by atoms with van der Waals surface area (Å²) in [4.78, 5) is 16.0. The lowest BCUT2D eigenvalue weighted by Gasteiger charge is -2.38. The Balaban J connectivity index is 1.93. The third-order valence-electron chi connectivity index (χ3n) is 4.60. The minimum absolute atomic E-state index is 0.373. The molecule has 0 aromatic heterocycles. The van der Waals surface area contributed by atoms with E-state index in [-0.39, 0.29) is 0 Å². The largest absolute Gasteiger partial charge is 0.478 e. The first-order chi connectivity index (χ1) is 10.0. The Morgan fingerprint density at radius 1 is 1.29 bits per heavy atom. The van der Waals surface area contributed by atoms with E-state index in [1.807, 2.05) is 13.0 Å². The van der Waals surface area contributed by atoms with Crippen molar-refractivity contribution in [2.24, 2.45) is 0 Å². The number of hydrogen-bond donors (Lipinski definition) is 1. The molecule has 1 aliphatic heterocycles. The van der Waals surface area contributed by atoms with Gasteiger partial charge in [0.05, 0.1) is 5.56 Å². The zero-order valence-corrected chi connectivity index (χ0v) is 13.3. The summed E-state index contributed by atoms with van der Waals surface area (Å²) < 4.78 is 0. The van der Waals surface area contributed by atoms with Crippen LogP contribution in [0.2, 0.25) is 0 Å². The van der Waals surface area contributed by atoms with Crippen LogP contribution >= 0.6 is 0 Å². The summed E-state index contributed by atoms with van der Waals surface area (Å²) in [5.41, 5.74) is 2.68. The maximum atomic E-state index is 11.0. The van der Waals surface area contributed by atoms with Gasteiger partial charge in [-0.1, -0.05) is 13.0 Å². The molecule has 1 atom stereocenters. The van der Waals surface area contributed by atoms with Gasteiger partial charge in [-0.2, -0.15) is 0 Å². The molecule has 1 heterocycles. The van der Waals surface area contributed by atoms with Crippen LogP contribution in [0.3, 0.4) is 0 Å². The molecule has 0 radical (unpaired) electrons. The molecule has 1 saturated heterocycles. The normalized spacial score (nSPS) is 18.6. The molecule has 1 aliphatic rings. The van der Waals surface area contributed by atoms with Gasteiger partial charge in [-0.3, -0.25) is 9.80 Å². The minimum atomic E-state index is -0.855. The van der Waals surface area contributed by atoms with Gasteiger partial charge in [0.1, 0.15) is 0 Å². The van der Waals surface area contributed by atoms with Gasteiger partial charge in [0.15, 0.2) is 0 Å². The van der Waals surface area contributed by atoms with Gasteiger partial charge in [0.2, 0.25) is 0 Å². The second kappa shape index (κ2) is 7.05. The van der Waals surface area contributed by atoms with Gasteiger partial charge in [-0.25, -0.2) is 4.79 Å². The van der Waals surface area contributed by atoms with Crippen LogP contribution in [0.1, 0.15) is 41.8 Å². The molecule has 0 amide bonds. The minimum Gasteiger partial charge on any atom is -0.478 e. The van der Waals surface area contributed by atoms with Gasteiger partial charge in [0, 0.05) is 38.8 Å². The number of hydrogen-bond acceptors (Lipinski definition) is 3. The van der Waals surface area contributed by atoms with Crippen LogP contribution in [0.5, 0.6) is 0 Å². The highest BCUT2D eigenvalue weighted by Crippen LogP contribution is 2.16. The number of piperazine rings is 1. The van der Waals surface area contributed by atoms with Crippen molar-refractivity contribution in [1.82, 2.24) is 9.80 Å². The van der Waals surface area contributed by atoms with Crippen molar-refractivity contribution in [2.75, 3.05) is 26.2 Å². The van der Waals surface area contributed by atoms with E-state index >= 15 is 0 Å². The second-order valence-corrected chi connectivity index (χ2v) is 6.02. The summed E-state index contributed by atoms with van der Waals surface area (Å²) >= 11 is 0. The van der Waals surface area contributed by atoms with Crippen molar-refractivity contribution in [2.45, 2.75) is 39.8 Å². The first-order valence-corrected chi connectivity index (χ1v) is 7.80. The number of rotatable bonds is 5. The lowest BCUT2D eigenvalue weighted by Crippen LogP contribution is -2.49. The Bertz CT molecular complexity index is 494. The van der Waals surface area contributed by atoms with Crippen LogP contribution in [-0.2, 0) is 6.54 Å². The number of carbonyl (C=O) groups is 1. The number of aromatic carboxylic acids is 1. The first kappa shape index (κ1) is 16.0. The van der Waals surface area contributed by atoms with Gasteiger partial charge in [-0.15, -0.1) is 0 Å². The fourth-order valence-electron chi connectivity index (χ4n) is 2.87. The molecular weight excluding hydrogens is 264 g/mol. The molecule has 4 heteroatoms. The Kier molecular flexibility index (Phi) is 5.37. The highest BCUT2D eigenvalue weighted by atomic mass is 16.4. The number of carboxylic acid groups (broad SMARTS) is 1. The summed E-state index contributed by atoms with van der Waals surface area (Å²) in [7, 11) is 0. The molecule has 0 aliphatic carbocycles. The Labute approximate surface area is 127 Å². The van der Waals surface area contributed by atoms with E-state index in [0.29, 0.717) is 11.6 Å². The molecule has 1 aromatic carbocycles. The van der Waals surface area contributed by atoms with Gasteiger partial charge in [0.25, 0.3) is 0 Å². The van der Waals surface area contributed by atoms with Crippen molar-refractivity contribution in [3.05, 3.63) is 34.9 Å². The first-order valence-electron chi connectivity index (χ1n) is 7.80. The summed E-state index contributed by atoms with van der Waals surface area (Å²) in [6.45, 7) is 11.9. The molecule has 0 bridgehead atoms. The lowest BCUT2D eigenvalue weighted by atomic mass is 10.0. The number of benzene rings is 1. The summed E-state index contributed by atoms with van der Waals surface area (Å²) in [5, 5.41) is 9.01. The van der Waals surface area contributed by atoms with Crippen molar-refractivity contribution in [3.63, 3.8) is 0 Å². The van der Waals surface area contributed by atoms with Crippen LogP contribution < -0.4 is 0 Å². The van der Waals surface area contributed by atoms with E-state index in [0.717, 1.165) is 38.3 Å². The van der Waals surface area contributed by atoms with Crippen molar-refractivity contribution in [3.8, 4) is 0 Å². The van der Waals surface area contributed by atoms with Crippen LogP contribution in [0.4, 0.5) is 0 Å². The fourth-order valence-corrected chi connectivity index (χ4v) is 2.87. The zero-order chi connectivity index (χ0) is 15.4. The molecular formula is C17H26N2O2. The molecule has 1 aromatic rings. The maximum absolute atomic E-state index is 11.0. The number of aryl methyl sites for hydroxylation is 1. The molecule has 1 unspecified atom stereocenters. The molecule has 2 rings (SSSR count). The third kappa shape index (κ3) is 4.05. The summed E-state index contributed by atoms with van der Waals surface area (Å²) in [6, 6.07) is 6.11. The second-order valence-electron chi connectivity index (χ2n) is 6.02. The maximum Gasteiger partial charge on any atom is 0.335 e. The van der Waals surface area contributed by atoms with Gasteiger partial charge >= 0.3 is 5.97 Å². The average Bonchev–Trinajstić information content (AvgIpc) is 2.49. The molecule has 116 valence electrons. The molecule has 1 N–H and O–H groups in total. The average molecular weight is 290 g/mol. The molecule has 21 heavy (non-hydrogen) atoms. The molecule has 1 fully saturated rings. The number of carboxylic acids is 1. The smallest absolute Gasteiger partial charge is 0.335 e. The fraction of sp³-hybridized carbons (Fsp3) is 0.588. The Morgan fingerprint density at radius 3 is 2.48 bits per heavy atom.